The molecule has 200 valence electrons. The van der Waals surface area contributed by atoms with Crippen LogP contribution in [0.15, 0.2) is 101 Å². The Balaban J connectivity index is 1.43. The molecule has 2 N–H and O–H groups in total. The van der Waals surface area contributed by atoms with Gasteiger partial charge in [0.1, 0.15) is 23.9 Å². The molecular weight excluding hydrogens is 504 g/mol. The van der Waals surface area contributed by atoms with Crippen LogP contribution in [0.2, 0.25) is 0 Å². The fraction of sp³-hybridized carbons (Fsp3) is 0.152. The van der Waals surface area contributed by atoms with Crippen molar-refractivity contribution in [1.82, 2.24) is 9.88 Å². The van der Waals surface area contributed by atoms with Crippen LogP contribution >= 0.6 is 0 Å². The molecule has 1 aliphatic rings. The Kier molecular flexibility index (Phi) is 6.48. The minimum absolute atomic E-state index is 0.0433. The van der Waals surface area contributed by atoms with Crippen molar-refractivity contribution in [1.29, 1.82) is 0 Å². The zero-order chi connectivity index (χ0) is 27.8. The van der Waals surface area contributed by atoms with Crippen LogP contribution in [0.4, 0.5) is 0 Å². The highest BCUT2D eigenvalue weighted by atomic mass is 16.5. The molecule has 6 rings (SSSR count). The second-order valence-electron chi connectivity index (χ2n) is 9.97. The van der Waals surface area contributed by atoms with Crippen LogP contribution in [0.25, 0.3) is 16.7 Å². The number of aliphatic hydroxyl groups is 1. The molecule has 1 unspecified atom stereocenters. The third-order valence-corrected chi connectivity index (χ3v) is 7.35. The number of aromatic nitrogens is 1. The van der Waals surface area contributed by atoms with E-state index in [1.54, 1.807) is 30.3 Å². The number of likely N-dealkylation sites (tertiary alicyclic amines) is 1. The summed E-state index contributed by atoms with van der Waals surface area (Å²) in [5, 5.41) is 12.5. The number of furan rings is 1. The number of ether oxygens (including phenoxy) is 1. The van der Waals surface area contributed by atoms with Crippen LogP contribution in [-0.4, -0.2) is 26.7 Å². The molecule has 0 radical (unpaired) electrons. The number of benzene rings is 3. The lowest BCUT2D eigenvalue weighted by molar-refractivity contribution is -0.140. The Morgan fingerprint density at radius 3 is 2.50 bits per heavy atom. The summed E-state index contributed by atoms with van der Waals surface area (Å²) in [4.78, 5) is 31.8. The number of carbonyl (C=O) groups is 2. The van der Waals surface area contributed by atoms with Crippen LogP contribution in [-0.2, 0) is 22.7 Å². The summed E-state index contributed by atoms with van der Waals surface area (Å²) < 4.78 is 11.5. The van der Waals surface area contributed by atoms with Gasteiger partial charge in [-0.05, 0) is 61.4 Å². The average Bonchev–Trinajstić information content (AvgIpc) is 3.66. The number of ketones is 1. The van der Waals surface area contributed by atoms with E-state index in [1.165, 1.54) is 11.2 Å². The Labute approximate surface area is 231 Å². The van der Waals surface area contributed by atoms with E-state index in [4.69, 9.17) is 9.15 Å². The number of nitrogens with one attached hydrogen (secondary N) is 1. The van der Waals surface area contributed by atoms with Gasteiger partial charge in [-0.15, -0.1) is 0 Å². The van der Waals surface area contributed by atoms with Crippen molar-refractivity contribution in [2.45, 2.75) is 33.0 Å². The number of para-hydroxylation sites is 1. The molecule has 5 aromatic rings. The second kappa shape index (κ2) is 10.3. The van der Waals surface area contributed by atoms with Crippen molar-refractivity contribution in [3.05, 3.63) is 130 Å². The number of H-pyrrole nitrogens is 1. The number of hydrogen-bond acceptors (Lipinski definition) is 5. The first-order valence-electron chi connectivity index (χ1n) is 13.1. The summed E-state index contributed by atoms with van der Waals surface area (Å²) >= 11 is 0. The number of amides is 1. The van der Waals surface area contributed by atoms with E-state index >= 15 is 0 Å². The van der Waals surface area contributed by atoms with Crippen molar-refractivity contribution >= 4 is 28.4 Å². The molecule has 0 aliphatic carbocycles. The number of rotatable bonds is 7. The third-order valence-electron chi connectivity index (χ3n) is 7.35. The Hall–Kier alpha value is -5.04. The molecule has 7 nitrogen and oxygen atoms in total. The Morgan fingerprint density at radius 1 is 0.975 bits per heavy atom. The van der Waals surface area contributed by atoms with Crippen molar-refractivity contribution in [3.8, 4) is 5.75 Å². The first kappa shape index (κ1) is 25.2. The molecular formula is C33H28N2O5. The fourth-order valence-electron chi connectivity index (χ4n) is 5.41. The lowest BCUT2D eigenvalue weighted by Crippen LogP contribution is -2.29. The SMILES string of the molecule is Cc1cc(/C(O)=C2\C(=O)C(=O)N(Cc3ccco3)C2c2c(C)[nH]c3ccccc23)ccc1OCc1ccccc1. The predicted octanol–water partition coefficient (Wildman–Crippen LogP) is 6.58. The lowest BCUT2D eigenvalue weighted by atomic mass is 9.93. The van der Waals surface area contributed by atoms with Gasteiger partial charge in [0.25, 0.3) is 11.7 Å². The molecule has 1 aliphatic heterocycles. The van der Waals surface area contributed by atoms with Gasteiger partial charge in [-0.3, -0.25) is 9.59 Å². The Morgan fingerprint density at radius 2 is 1.75 bits per heavy atom. The number of fused-ring (bicyclic) bond motifs is 1. The summed E-state index contributed by atoms with van der Waals surface area (Å²) in [5.41, 5.74) is 4.77. The lowest BCUT2D eigenvalue weighted by Gasteiger charge is -2.25. The zero-order valence-corrected chi connectivity index (χ0v) is 22.2. The normalized spacial score (nSPS) is 16.6. The highest BCUT2D eigenvalue weighted by Crippen LogP contribution is 2.44. The first-order chi connectivity index (χ1) is 19.4. The second-order valence-corrected chi connectivity index (χ2v) is 9.97. The van der Waals surface area contributed by atoms with Crippen molar-refractivity contribution < 1.29 is 23.8 Å². The van der Waals surface area contributed by atoms with E-state index in [-0.39, 0.29) is 17.9 Å². The predicted molar refractivity (Wildman–Crippen MR) is 152 cm³/mol. The van der Waals surface area contributed by atoms with Crippen molar-refractivity contribution in [2.24, 2.45) is 0 Å². The highest BCUT2D eigenvalue weighted by Gasteiger charge is 2.47. The number of hydrogen-bond donors (Lipinski definition) is 2. The molecule has 0 bridgehead atoms. The highest BCUT2D eigenvalue weighted by molar-refractivity contribution is 6.46. The maximum atomic E-state index is 13.5. The standard InChI is InChI=1S/C33H28N2O5/c1-20-17-23(14-15-27(20)40-19-22-9-4-3-5-10-22)31(36)29-30(28-21(2)34-26-13-7-6-12-25(26)28)35(33(38)32(29)37)18-24-11-8-16-39-24/h3-17,30,34,36H,18-19H2,1-2H3/b31-29+. The smallest absolute Gasteiger partial charge is 0.296 e. The van der Waals surface area contributed by atoms with E-state index in [1.807, 2.05) is 68.4 Å². The summed E-state index contributed by atoms with van der Waals surface area (Å²) in [6.45, 7) is 4.28. The molecule has 40 heavy (non-hydrogen) atoms. The molecule has 1 saturated heterocycles. The van der Waals surface area contributed by atoms with Gasteiger partial charge >= 0.3 is 0 Å². The van der Waals surface area contributed by atoms with Crippen molar-refractivity contribution in [3.63, 3.8) is 0 Å². The van der Waals surface area contributed by atoms with Gasteiger partial charge in [0.15, 0.2) is 0 Å². The molecule has 7 heteroatoms. The van der Waals surface area contributed by atoms with Crippen molar-refractivity contribution in [2.75, 3.05) is 0 Å². The van der Waals surface area contributed by atoms with Gasteiger partial charge in [0.2, 0.25) is 0 Å². The monoisotopic (exact) mass is 532 g/mol. The summed E-state index contributed by atoms with van der Waals surface area (Å²) in [7, 11) is 0. The third kappa shape index (κ3) is 4.45. The summed E-state index contributed by atoms with van der Waals surface area (Å²) in [5.74, 6) is -0.441. The van der Waals surface area contributed by atoms with Gasteiger partial charge in [0, 0.05) is 27.7 Å². The molecule has 3 heterocycles. The van der Waals surface area contributed by atoms with Crippen LogP contribution in [0.1, 0.15) is 39.7 Å². The van der Waals surface area contributed by atoms with Gasteiger partial charge in [-0.25, -0.2) is 0 Å². The van der Waals surface area contributed by atoms with Gasteiger partial charge in [0.05, 0.1) is 24.4 Å². The number of carbonyl (C=O) groups excluding carboxylic acids is 2. The molecule has 0 saturated carbocycles. The van der Waals surface area contributed by atoms with Crippen LogP contribution in [0, 0.1) is 13.8 Å². The number of aromatic amines is 1. The number of nitrogens with zero attached hydrogens (tertiary/aromatic N) is 1. The molecule has 3 aromatic carbocycles. The van der Waals surface area contributed by atoms with E-state index in [0.29, 0.717) is 23.7 Å². The topological polar surface area (TPSA) is 95.8 Å². The van der Waals surface area contributed by atoms with Crippen LogP contribution in [0.5, 0.6) is 5.75 Å². The molecule has 0 spiro atoms. The van der Waals surface area contributed by atoms with E-state index in [9.17, 15) is 14.7 Å². The van der Waals surface area contributed by atoms with E-state index in [2.05, 4.69) is 4.98 Å². The molecule has 1 amide bonds. The minimum atomic E-state index is -0.810. The maximum Gasteiger partial charge on any atom is 0.296 e. The zero-order valence-electron chi connectivity index (χ0n) is 22.2. The van der Waals surface area contributed by atoms with Crippen LogP contribution < -0.4 is 4.74 Å². The molecule has 1 fully saturated rings. The van der Waals surface area contributed by atoms with Gasteiger partial charge in [-0.2, -0.15) is 0 Å². The largest absolute Gasteiger partial charge is 0.507 e. The Bertz CT molecular complexity index is 1750. The van der Waals surface area contributed by atoms with E-state index in [0.717, 1.165) is 33.3 Å². The molecule has 2 aromatic heterocycles. The minimum Gasteiger partial charge on any atom is -0.507 e. The first-order valence-corrected chi connectivity index (χ1v) is 13.1. The summed E-state index contributed by atoms with van der Waals surface area (Å²) in [6.07, 6.45) is 1.53. The summed E-state index contributed by atoms with van der Waals surface area (Å²) in [6, 6.07) is 25.5. The van der Waals surface area contributed by atoms with Crippen LogP contribution in [0.3, 0.4) is 0 Å². The van der Waals surface area contributed by atoms with E-state index < -0.39 is 17.7 Å². The van der Waals surface area contributed by atoms with Gasteiger partial charge in [-0.1, -0.05) is 48.5 Å². The van der Waals surface area contributed by atoms with Gasteiger partial charge < -0.3 is 24.1 Å². The quantitative estimate of drug-likeness (QED) is 0.140. The number of Topliss-reactive ketones (excluding diaryl/α,β-unsaturated/α-hetero) is 1. The molecule has 1 atom stereocenters. The number of aliphatic hydroxyl groups excluding tert-OH is 1. The number of aryl methyl sites for hydroxylation is 2. The average molecular weight is 533 g/mol. The maximum absolute atomic E-state index is 13.5. The fourth-order valence-corrected chi connectivity index (χ4v) is 5.41.